The molecule has 0 amide bonds. The van der Waals surface area contributed by atoms with E-state index in [9.17, 15) is 10.1 Å². The summed E-state index contributed by atoms with van der Waals surface area (Å²) in [5, 5.41) is 17.9. The Morgan fingerprint density at radius 1 is 1.44 bits per heavy atom. The van der Waals surface area contributed by atoms with Crippen molar-refractivity contribution in [3.05, 3.63) is 27.8 Å². The number of non-ortho nitro benzene ring substituents is 1. The van der Waals surface area contributed by atoms with E-state index in [2.05, 4.69) is 20.9 Å². The molecule has 0 aliphatic heterocycles. The summed E-state index contributed by atoms with van der Waals surface area (Å²) in [5.74, 6) is 2.50. The van der Waals surface area contributed by atoms with E-state index < -0.39 is 4.92 Å². The summed E-state index contributed by atoms with van der Waals surface area (Å²) >= 11 is 0. The molecule has 6 nitrogen and oxygen atoms in total. The van der Waals surface area contributed by atoms with Crippen molar-refractivity contribution in [3.63, 3.8) is 0 Å². The first-order valence-electron chi connectivity index (χ1n) is 4.56. The number of nitrogens with zero attached hydrogens (tertiary/aromatic N) is 3. The van der Waals surface area contributed by atoms with Gasteiger partial charge in [-0.2, -0.15) is 0 Å². The van der Waals surface area contributed by atoms with Gasteiger partial charge in [0, 0.05) is 12.5 Å². The SMILES string of the molecule is C#CCCc1ccc([N+](=O)[O-])c2nonc12. The first-order valence-corrected chi connectivity index (χ1v) is 4.56. The molecule has 0 saturated heterocycles. The topological polar surface area (TPSA) is 82.1 Å². The smallest absolute Gasteiger partial charge is 0.258 e. The van der Waals surface area contributed by atoms with Crippen LogP contribution in [0.1, 0.15) is 12.0 Å². The normalized spacial score (nSPS) is 10.2. The lowest BCUT2D eigenvalue weighted by molar-refractivity contribution is -0.383. The van der Waals surface area contributed by atoms with E-state index in [4.69, 9.17) is 6.42 Å². The van der Waals surface area contributed by atoms with Gasteiger partial charge in [-0.25, -0.2) is 4.63 Å². The van der Waals surface area contributed by atoms with Crippen molar-refractivity contribution in [2.24, 2.45) is 0 Å². The minimum atomic E-state index is -0.516. The molecule has 0 aliphatic rings. The molecule has 0 bridgehead atoms. The van der Waals surface area contributed by atoms with Crippen LogP contribution in [0.3, 0.4) is 0 Å². The number of hydrogen-bond acceptors (Lipinski definition) is 5. The number of fused-ring (bicyclic) bond motifs is 1. The average molecular weight is 217 g/mol. The van der Waals surface area contributed by atoms with Crippen LogP contribution in [0.15, 0.2) is 16.8 Å². The van der Waals surface area contributed by atoms with E-state index >= 15 is 0 Å². The van der Waals surface area contributed by atoms with Gasteiger partial charge in [-0.15, -0.1) is 12.3 Å². The maximum Gasteiger partial charge on any atom is 0.300 e. The van der Waals surface area contributed by atoms with Gasteiger partial charge in [0.15, 0.2) is 0 Å². The van der Waals surface area contributed by atoms with Crippen molar-refractivity contribution < 1.29 is 9.55 Å². The van der Waals surface area contributed by atoms with E-state index in [1.165, 1.54) is 6.07 Å². The molecule has 1 aromatic carbocycles. The first-order chi connectivity index (χ1) is 7.74. The zero-order valence-corrected chi connectivity index (χ0v) is 8.21. The molecule has 16 heavy (non-hydrogen) atoms. The van der Waals surface area contributed by atoms with E-state index in [0.29, 0.717) is 18.4 Å². The fourth-order valence-corrected chi connectivity index (χ4v) is 1.46. The van der Waals surface area contributed by atoms with E-state index in [0.717, 1.165) is 5.56 Å². The van der Waals surface area contributed by atoms with E-state index in [1.807, 2.05) is 0 Å². The van der Waals surface area contributed by atoms with Crippen molar-refractivity contribution in [2.75, 3.05) is 0 Å². The van der Waals surface area contributed by atoms with Crippen molar-refractivity contribution in [3.8, 4) is 12.3 Å². The van der Waals surface area contributed by atoms with Gasteiger partial charge in [-0.05, 0) is 28.4 Å². The summed E-state index contributed by atoms with van der Waals surface area (Å²) in [6, 6.07) is 3.01. The van der Waals surface area contributed by atoms with Crippen LogP contribution in [0, 0.1) is 22.5 Å². The number of terminal acetylenes is 1. The monoisotopic (exact) mass is 217 g/mol. The van der Waals surface area contributed by atoms with Gasteiger partial charge in [0.1, 0.15) is 5.52 Å². The summed E-state index contributed by atoms with van der Waals surface area (Å²) in [6.45, 7) is 0. The highest BCUT2D eigenvalue weighted by molar-refractivity contribution is 5.85. The molecule has 0 aliphatic carbocycles. The highest BCUT2D eigenvalue weighted by atomic mass is 16.6. The fraction of sp³-hybridized carbons (Fsp3) is 0.200. The molecule has 1 heterocycles. The lowest BCUT2D eigenvalue weighted by Crippen LogP contribution is -1.92. The van der Waals surface area contributed by atoms with Crippen molar-refractivity contribution in [2.45, 2.75) is 12.8 Å². The maximum atomic E-state index is 10.7. The third kappa shape index (κ3) is 1.59. The highest BCUT2D eigenvalue weighted by Gasteiger charge is 2.18. The molecule has 2 rings (SSSR count). The molecule has 0 radical (unpaired) electrons. The summed E-state index contributed by atoms with van der Waals surface area (Å²) in [6.07, 6.45) is 6.29. The van der Waals surface area contributed by atoms with Gasteiger partial charge >= 0.3 is 5.69 Å². The molecule has 6 heteroatoms. The predicted molar refractivity (Wildman–Crippen MR) is 55.6 cm³/mol. The Morgan fingerprint density at radius 3 is 2.88 bits per heavy atom. The van der Waals surface area contributed by atoms with E-state index in [-0.39, 0.29) is 11.2 Å². The minimum Gasteiger partial charge on any atom is -0.258 e. The van der Waals surface area contributed by atoms with Crippen LogP contribution in [0.4, 0.5) is 5.69 Å². The Kier molecular flexibility index (Phi) is 2.52. The Bertz CT molecular complexity index is 582. The zero-order valence-electron chi connectivity index (χ0n) is 8.21. The third-order valence-corrected chi connectivity index (χ3v) is 2.21. The Balaban J connectivity index is 2.55. The molecule has 0 saturated carbocycles. The van der Waals surface area contributed by atoms with Crippen molar-refractivity contribution in [1.82, 2.24) is 10.3 Å². The van der Waals surface area contributed by atoms with Crippen LogP contribution in [0.5, 0.6) is 0 Å². The van der Waals surface area contributed by atoms with Crippen molar-refractivity contribution in [1.29, 1.82) is 0 Å². The lowest BCUT2D eigenvalue weighted by atomic mass is 10.1. The molecule has 0 spiro atoms. The second kappa shape index (κ2) is 3.98. The minimum absolute atomic E-state index is 0.110. The average Bonchev–Trinajstić information content (AvgIpc) is 2.74. The quantitative estimate of drug-likeness (QED) is 0.444. The molecular weight excluding hydrogens is 210 g/mol. The third-order valence-electron chi connectivity index (χ3n) is 2.21. The van der Waals surface area contributed by atoms with Crippen LogP contribution in [-0.4, -0.2) is 15.2 Å². The summed E-state index contributed by atoms with van der Waals surface area (Å²) in [7, 11) is 0. The number of nitro benzene ring substituents is 1. The van der Waals surface area contributed by atoms with Gasteiger partial charge in [0.05, 0.1) is 4.92 Å². The number of aryl methyl sites for hydroxylation is 1. The van der Waals surface area contributed by atoms with Gasteiger partial charge in [0.25, 0.3) is 0 Å². The molecule has 1 aromatic heterocycles. The molecule has 80 valence electrons. The molecule has 0 atom stereocenters. The van der Waals surface area contributed by atoms with E-state index in [1.54, 1.807) is 6.07 Å². The molecule has 0 N–H and O–H groups in total. The molecular formula is C10H7N3O3. The first kappa shape index (κ1) is 10.1. The highest BCUT2D eigenvalue weighted by Crippen LogP contribution is 2.25. The fourth-order valence-electron chi connectivity index (χ4n) is 1.46. The van der Waals surface area contributed by atoms with Crippen LogP contribution < -0.4 is 0 Å². The summed E-state index contributed by atoms with van der Waals surface area (Å²) < 4.78 is 4.52. The zero-order chi connectivity index (χ0) is 11.5. The number of nitro groups is 1. The van der Waals surface area contributed by atoms with Gasteiger partial charge in [-0.3, -0.25) is 10.1 Å². The number of benzene rings is 1. The standard InChI is InChI=1S/C10H7N3O3/c1-2-3-4-7-5-6-8(13(14)15)10-9(7)11-16-12-10/h1,5-6H,3-4H2. The Labute approximate surface area is 90.4 Å². The largest absolute Gasteiger partial charge is 0.300 e. The maximum absolute atomic E-state index is 10.7. The van der Waals surface area contributed by atoms with Crippen LogP contribution in [0.25, 0.3) is 11.0 Å². The summed E-state index contributed by atoms with van der Waals surface area (Å²) in [4.78, 5) is 10.2. The van der Waals surface area contributed by atoms with Gasteiger partial charge in [-0.1, -0.05) is 0 Å². The Morgan fingerprint density at radius 2 is 2.19 bits per heavy atom. The molecule has 0 fully saturated rings. The second-order valence-corrected chi connectivity index (χ2v) is 3.17. The summed E-state index contributed by atoms with van der Waals surface area (Å²) in [5.41, 5.74) is 1.27. The van der Waals surface area contributed by atoms with Gasteiger partial charge in [0.2, 0.25) is 5.52 Å². The Hall–Kier alpha value is -2.42. The molecule has 0 unspecified atom stereocenters. The van der Waals surface area contributed by atoms with Crippen LogP contribution >= 0.6 is 0 Å². The number of aromatic nitrogens is 2. The predicted octanol–water partition coefficient (Wildman–Crippen LogP) is 1.70. The van der Waals surface area contributed by atoms with Gasteiger partial charge < -0.3 is 0 Å². The van der Waals surface area contributed by atoms with Crippen LogP contribution in [-0.2, 0) is 6.42 Å². The molecule has 2 aromatic rings. The number of hydrogen-bond donors (Lipinski definition) is 0. The second-order valence-electron chi connectivity index (χ2n) is 3.17. The number of rotatable bonds is 3. The van der Waals surface area contributed by atoms with Crippen molar-refractivity contribution >= 4 is 16.7 Å². The lowest BCUT2D eigenvalue weighted by Gasteiger charge is -1.97. The van der Waals surface area contributed by atoms with Crippen LogP contribution in [0.2, 0.25) is 0 Å².